The van der Waals surface area contributed by atoms with E-state index in [1.54, 1.807) is 31.2 Å². The molecule has 0 saturated carbocycles. The Morgan fingerprint density at radius 3 is 2.29 bits per heavy atom. The van der Waals surface area contributed by atoms with Crippen molar-refractivity contribution in [1.82, 2.24) is 5.32 Å². The van der Waals surface area contributed by atoms with Gasteiger partial charge in [0.15, 0.2) is 0 Å². The molecule has 0 aliphatic heterocycles. The average Bonchev–Trinajstić information content (AvgIpc) is 2.45. The number of amides is 1. The lowest BCUT2D eigenvalue weighted by molar-refractivity contribution is -0.143. The van der Waals surface area contributed by atoms with Crippen LogP contribution >= 0.6 is 0 Å². The van der Waals surface area contributed by atoms with E-state index in [4.69, 9.17) is 9.84 Å². The number of carbonyl (C=O) groups excluding carboxylic acids is 1. The molecule has 0 fully saturated rings. The molecule has 1 unspecified atom stereocenters. The third-order valence-electron chi connectivity index (χ3n) is 3.27. The Kier molecular flexibility index (Phi) is 5.76. The van der Waals surface area contributed by atoms with Crippen LogP contribution in [0.1, 0.15) is 44.5 Å². The minimum atomic E-state index is -1.26. The van der Waals surface area contributed by atoms with Crippen molar-refractivity contribution in [3.8, 4) is 5.75 Å². The van der Waals surface area contributed by atoms with Crippen LogP contribution in [0.2, 0.25) is 0 Å². The summed E-state index contributed by atoms with van der Waals surface area (Å²) in [6.45, 7) is 7.93. The standard InChI is InChI=1S/C16H23NO4/c1-5-16(4,15(19)20)17-14(18)12-6-8-13(9-7-12)21-10-11(2)3/h6-9,11H,5,10H2,1-4H3,(H,17,18)(H,19,20). The van der Waals surface area contributed by atoms with Crippen LogP contribution < -0.4 is 10.1 Å². The number of hydrogen-bond donors (Lipinski definition) is 2. The van der Waals surface area contributed by atoms with Crippen molar-refractivity contribution in [2.75, 3.05) is 6.61 Å². The normalized spacial score (nSPS) is 13.6. The fourth-order valence-electron chi connectivity index (χ4n) is 1.58. The quantitative estimate of drug-likeness (QED) is 0.810. The largest absolute Gasteiger partial charge is 0.493 e. The fraction of sp³-hybridized carbons (Fsp3) is 0.500. The van der Waals surface area contributed by atoms with Crippen molar-refractivity contribution in [2.24, 2.45) is 5.92 Å². The number of rotatable bonds is 7. The van der Waals surface area contributed by atoms with E-state index in [1.165, 1.54) is 6.92 Å². The predicted octanol–water partition coefficient (Wildman–Crippen LogP) is 2.70. The van der Waals surface area contributed by atoms with Gasteiger partial charge in [0.05, 0.1) is 6.61 Å². The van der Waals surface area contributed by atoms with E-state index in [9.17, 15) is 9.59 Å². The van der Waals surface area contributed by atoms with E-state index in [0.29, 0.717) is 30.3 Å². The van der Waals surface area contributed by atoms with Gasteiger partial charge in [0, 0.05) is 5.56 Å². The van der Waals surface area contributed by atoms with E-state index in [-0.39, 0.29) is 0 Å². The summed E-state index contributed by atoms with van der Waals surface area (Å²) in [5.41, 5.74) is -0.850. The maximum atomic E-state index is 12.1. The molecule has 1 atom stereocenters. The summed E-state index contributed by atoms with van der Waals surface area (Å²) in [4.78, 5) is 23.3. The Hall–Kier alpha value is -2.04. The van der Waals surface area contributed by atoms with Crippen molar-refractivity contribution >= 4 is 11.9 Å². The zero-order chi connectivity index (χ0) is 16.0. The molecule has 0 heterocycles. The first-order valence-corrected chi connectivity index (χ1v) is 7.07. The molecule has 1 aromatic rings. The molecule has 1 aromatic carbocycles. The van der Waals surface area contributed by atoms with Crippen molar-refractivity contribution < 1.29 is 19.4 Å². The Bertz CT molecular complexity index is 496. The van der Waals surface area contributed by atoms with Gasteiger partial charge in [-0.05, 0) is 43.5 Å². The van der Waals surface area contributed by atoms with E-state index in [1.807, 2.05) is 0 Å². The van der Waals surface area contributed by atoms with E-state index >= 15 is 0 Å². The number of aliphatic carboxylic acids is 1. The van der Waals surface area contributed by atoms with Crippen LogP contribution in [0.15, 0.2) is 24.3 Å². The smallest absolute Gasteiger partial charge is 0.329 e. The molecule has 0 aliphatic carbocycles. The van der Waals surface area contributed by atoms with Crippen molar-refractivity contribution in [3.05, 3.63) is 29.8 Å². The number of carbonyl (C=O) groups is 2. The first kappa shape index (κ1) is 17.0. The zero-order valence-electron chi connectivity index (χ0n) is 13.0. The highest BCUT2D eigenvalue weighted by Gasteiger charge is 2.32. The Morgan fingerprint density at radius 2 is 1.86 bits per heavy atom. The second-order valence-corrected chi connectivity index (χ2v) is 5.67. The number of benzene rings is 1. The molecule has 21 heavy (non-hydrogen) atoms. The van der Waals surface area contributed by atoms with Gasteiger partial charge < -0.3 is 15.2 Å². The lowest BCUT2D eigenvalue weighted by Gasteiger charge is -2.24. The third-order valence-corrected chi connectivity index (χ3v) is 3.27. The zero-order valence-corrected chi connectivity index (χ0v) is 13.0. The maximum Gasteiger partial charge on any atom is 0.329 e. The van der Waals surface area contributed by atoms with E-state index in [0.717, 1.165) is 0 Å². The van der Waals surface area contributed by atoms with Crippen LogP contribution in [0.3, 0.4) is 0 Å². The van der Waals surface area contributed by atoms with Crippen molar-refractivity contribution in [3.63, 3.8) is 0 Å². The molecule has 0 spiro atoms. The molecule has 0 aromatic heterocycles. The second-order valence-electron chi connectivity index (χ2n) is 5.67. The fourth-order valence-corrected chi connectivity index (χ4v) is 1.58. The van der Waals surface area contributed by atoms with Crippen LogP contribution in [0.4, 0.5) is 0 Å². The van der Waals surface area contributed by atoms with Crippen molar-refractivity contribution in [1.29, 1.82) is 0 Å². The molecule has 5 nitrogen and oxygen atoms in total. The van der Waals surface area contributed by atoms with Gasteiger partial charge in [-0.25, -0.2) is 4.79 Å². The number of ether oxygens (including phenoxy) is 1. The molecule has 0 radical (unpaired) electrons. The van der Waals surface area contributed by atoms with Gasteiger partial charge in [0.2, 0.25) is 0 Å². The maximum absolute atomic E-state index is 12.1. The lowest BCUT2D eigenvalue weighted by Crippen LogP contribution is -2.51. The molecule has 1 rings (SSSR count). The summed E-state index contributed by atoms with van der Waals surface area (Å²) in [7, 11) is 0. The topological polar surface area (TPSA) is 75.6 Å². The number of nitrogens with one attached hydrogen (secondary N) is 1. The van der Waals surface area contributed by atoms with Crippen LogP contribution in [0.5, 0.6) is 5.75 Å². The molecule has 116 valence electrons. The van der Waals surface area contributed by atoms with Crippen molar-refractivity contribution in [2.45, 2.75) is 39.7 Å². The van der Waals surface area contributed by atoms with Crippen LogP contribution in [-0.2, 0) is 4.79 Å². The first-order valence-electron chi connectivity index (χ1n) is 7.07. The summed E-state index contributed by atoms with van der Waals surface area (Å²) >= 11 is 0. The Balaban J connectivity index is 2.73. The predicted molar refractivity (Wildman–Crippen MR) is 80.6 cm³/mol. The number of hydrogen-bond acceptors (Lipinski definition) is 3. The highest BCUT2D eigenvalue weighted by Crippen LogP contribution is 2.15. The Labute approximate surface area is 125 Å². The molecule has 1 amide bonds. The average molecular weight is 293 g/mol. The Morgan fingerprint density at radius 1 is 1.29 bits per heavy atom. The monoisotopic (exact) mass is 293 g/mol. The lowest BCUT2D eigenvalue weighted by atomic mass is 9.98. The SMILES string of the molecule is CCC(C)(NC(=O)c1ccc(OCC(C)C)cc1)C(=O)O. The summed E-state index contributed by atoms with van der Waals surface area (Å²) in [5, 5.41) is 11.7. The third kappa shape index (κ3) is 4.77. The van der Waals surface area contributed by atoms with Crippen LogP contribution in [0.25, 0.3) is 0 Å². The van der Waals surface area contributed by atoms with Crippen LogP contribution in [-0.4, -0.2) is 29.1 Å². The highest BCUT2D eigenvalue weighted by molar-refractivity contribution is 5.97. The number of carboxylic acid groups (broad SMARTS) is 1. The minimum absolute atomic E-state index is 0.309. The first-order chi connectivity index (χ1) is 9.78. The molecule has 0 bridgehead atoms. The highest BCUT2D eigenvalue weighted by atomic mass is 16.5. The molecule has 0 aliphatic rings. The number of carboxylic acids is 1. The molecule has 0 saturated heterocycles. The summed E-state index contributed by atoms with van der Waals surface area (Å²) < 4.78 is 5.54. The van der Waals surface area contributed by atoms with Gasteiger partial charge in [0.1, 0.15) is 11.3 Å². The van der Waals surface area contributed by atoms with E-state index in [2.05, 4.69) is 19.2 Å². The van der Waals surface area contributed by atoms with Gasteiger partial charge in [-0.2, -0.15) is 0 Å². The van der Waals surface area contributed by atoms with Gasteiger partial charge in [0.25, 0.3) is 5.91 Å². The van der Waals surface area contributed by atoms with E-state index < -0.39 is 17.4 Å². The summed E-state index contributed by atoms with van der Waals surface area (Å²) in [5.74, 6) is -0.335. The van der Waals surface area contributed by atoms with Gasteiger partial charge in [-0.3, -0.25) is 4.79 Å². The molecular weight excluding hydrogens is 270 g/mol. The van der Waals surface area contributed by atoms with Gasteiger partial charge in [-0.15, -0.1) is 0 Å². The molecule has 5 heteroatoms. The second kappa shape index (κ2) is 7.11. The van der Waals surface area contributed by atoms with Gasteiger partial charge >= 0.3 is 5.97 Å². The molecular formula is C16H23NO4. The van der Waals surface area contributed by atoms with Crippen LogP contribution in [0, 0.1) is 5.92 Å². The molecule has 2 N–H and O–H groups in total. The van der Waals surface area contributed by atoms with Gasteiger partial charge in [-0.1, -0.05) is 20.8 Å². The minimum Gasteiger partial charge on any atom is -0.493 e. The summed E-state index contributed by atoms with van der Waals surface area (Å²) in [6, 6.07) is 6.68. The summed E-state index contributed by atoms with van der Waals surface area (Å²) in [6.07, 6.45) is 0.309.